The van der Waals surface area contributed by atoms with Crippen LogP contribution in [-0.4, -0.2) is 9.55 Å². The zero-order valence-electron chi connectivity index (χ0n) is 6.44. The molecular weight excluding hydrogens is 174 g/mol. The number of imidazole rings is 1. The summed E-state index contributed by atoms with van der Waals surface area (Å²) in [7, 11) is 0. The Labute approximate surface area is 75.6 Å². The van der Waals surface area contributed by atoms with Crippen LogP contribution in [0.1, 0.15) is 30.0 Å². The average Bonchev–Trinajstić information content (AvgIpc) is 2.83. The molecule has 0 radical (unpaired) electrons. The molecule has 1 aliphatic rings. The van der Waals surface area contributed by atoms with Gasteiger partial charge in [-0.2, -0.15) is 5.26 Å². The van der Waals surface area contributed by atoms with E-state index in [0.717, 1.165) is 5.69 Å². The number of alkyl halides is 1. The van der Waals surface area contributed by atoms with Gasteiger partial charge in [-0.05, 0) is 12.8 Å². The monoisotopic (exact) mass is 181 g/mol. The highest BCUT2D eigenvalue weighted by molar-refractivity contribution is 6.22. The third kappa shape index (κ3) is 1.19. The van der Waals surface area contributed by atoms with E-state index in [1.54, 1.807) is 12.5 Å². The quantitative estimate of drug-likeness (QED) is 0.655. The Kier molecular flexibility index (Phi) is 1.78. The van der Waals surface area contributed by atoms with Crippen molar-refractivity contribution in [2.45, 2.75) is 24.3 Å². The summed E-state index contributed by atoms with van der Waals surface area (Å²) in [6.45, 7) is 0. The van der Waals surface area contributed by atoms with E-state index in [-0.39, 0.29) is 0 Å². The maximum absolute atomic E-state index is 8.61. The van der Waals surface area contributed by atoms with Crippen LogP contribution in [0, 0.1) is 11.3 Å². The Hall–Kier alpha value is -1.01. The van der Waals surface area contributed by atoms with Crippen molar-refractivity contribution in [1.29, 1.82) is 5.26 Å². The largest absolute Gasteiger partial charge is 0.329 e. The number of nitriles is 1. The molecule has 1 aromatic rings. The minimum atomic E-state index is -0.562. The van der Waals surface area contributed by atoms with Gasteiger partial charge in [0.15, 0.2) is 5.38 Å². The summed E-state index contributed by atoms with van der Waals surface area (Å²) in [5.74, 6) is 0. The second-order valence-corrected chi connectivity index (χ2v) is 3.39. The van der Waals surface area contributed by atoms with Crippen LogP contribution in [0.15, 0.2) is 12.5 Å². The molecule has 0 bridgehead atoms. The van der Waals surface area contributed by atoms with Gasteiger partial charge in [-0.1, -0.05) is 11.6 Å². The maximum atomic E-state index is 8.61. The van der Waals surface area contributed by atoms with Crippen molar-refractivity contribution in [2.75, 3.05) is 0 Å². The van der Waals surface area contributed by atoms with E-state index >= 15 is 0 Å². The van der Waals surface area contributed by atoms with E-state index in [9.17, 15) is 0 Å². The first-order valence-corrected chi connectivity index (χ1v) is 4.32. The average molecular weight is 182 g/mol. The van der Waals surface area contributed by atoms with Crippen molar-refractivity contribution >= 4 is 11.6 Å². The van der Waals surface area contributed by atoms with E-state index in [4.69, 9.17) is 16.9 Å². The van der Waals surface area contributed by atoms with Crippen LogP contribution in [-0.2, 0) is 0 Å². The Morgan fingerprint density at radius 1 is 1.75 bits per heavy atom. The summed E-state index contributed by atoms with van der Waals surface area (Å²) < 4.78 is 2.00. The highest BCUT2D eigenvalue weighted by atomic mass is 35.5. The Balaban J connectivity index is 2.30. The molecule has 0 aliphatic heterocycles. The number of hydrogen-bond acceptors (Lipinski definition) is 2. The van der Waals surface area contributed by atoms with Gasteiger partial charge in [-0.3, -0.25) is 0 Å². The van der Waals surface area contributed by atoms with E-state index in [1.807, 2.05) is 10.6 Å². The Bertz CT molecular complexity index is 321. The Morgan fingerprint density at radius 2 is 2.50 bits per heavy atom. The molecule has 3 nitrogen and oxygen atoms in total. The van der Waals surface area contributed by atoms with E-state index in [2.05, 4.69) is 4.98 Å². The van der Waals surface area contributed by atoms with Crippen molar-refractivity contribution in [3.8, 4) is 6.07 Å². The van der Waals surface area contributed by atoms with Crippen LogP contribution in [0.2, 0.25) is 0 Å². The molecule has 1 saturated carbocycles. The van der Waals surface area contributed by atoms with Crippen LogP contribution in [0.5, 0.6) is 0 Å². The molecule has 12 heavy (non-hydrogen) atoms. The zero-order chi connectivity index (χ0) is 8.55. The highest BCUT2D eigenvalue weighted by Gasteiger charge is 2.27. The van der Waals surface area contributed by atoms with Gasteiger partial charge in [0.1, 0.15) is 0 Å². The number of nitrogens with zero attached hydrogens (tertiary/aromatic N) is 3. The molecule has 1 fully saturated rings. The summed E-state index contributed by atoms with van der Waals surface area (Å²) in [6, 6.07) is 2.53. The van der Waals surface area contributed by atoms with Crippen LogP contribution >= 0.6 is 11.6 Å². The van der Waals surface area contributed by atoms with Gasteiger partial charge in [0, 0.05) is 6.04 Å². The van der Waals surface area contributed by atoms with E-state index in [0.29, 0.717) is 6.04 Å². The first kappa shape index (κ1) is 7.63. The second-order valence-electron chi connectivity index (χ2n) is 2.95. The van der Waals surface area contributed by atoms with Gasteiger partial charge < -0.3 is 4.57 Å². The van der Waals surface area contributed by atoms with Gasteiger partial charge in [0.25, 0.3) is 0 Å². The first-order chi connectivity index (χ1) is 5.83. The number of aromatic nitrogens is 2. The normalized spacial score (nSPS) is 18.7. The summed E-state index contributed by atoms with van der Waals surface area (Å²) >= 11 is 5.79. The third-order valence-corrected chi connectivity index (χ3v) is 2.33. The number of hydrogen-bond donors (Lipinski definition) is 0. The predicted molar refractivity (Wildman–Crippen MR) is 44.7 cm³/mol. The summed E-state index contributed by atoms with van der Waals surface area (Å²) in [5.41, 5.74) is 0.821. The lowest BCUT2D eigenvalue weighted by Crippen LogP contribution is -1.99. The molecule has 0 saturated heterocycles. The lowest BCUT2D eigenvalue weighted by molar-refractivity contribution is 0.704. The van der Waals surface area contributed by atoms with Gasteiger partial charge in [-0.25, -0.2) is 4.98 Å². The lowest BCUT2D eigenvalue weighted by atomic mass is 10.3. The summed E-state index contributed by atoms with van der Waals surface area (Å²) in [4.78, 5) is 3.98. The molecule has 1 atom stereocenters. The SMILES string of the molecule is N#CC(Cl)c1cncn1C1CC1. The lowest BCUT2D eigenvalue weighted by Gasteiger charge is -2.05. The molecule has 1 unspecified atom stereocenters. The minimum Gasteiger partial charge on any atom is -0.329 e. The first-order valence-electron chi connectivity index (χ1n) is 3.88. The second kappa shape index (κ2) is 2.80. The molecule has 1 heterocycles. The summed E-state index contributed by atoms with van der Waals surface area (Å²) in [6.07, 6.45) is 5.77. The zero-order valence-corrected chi connectivity index (χ0v) is 7.20. The minimum absolute atomic E-state index is 0.539. The van der Waals surface area contributed by atoms with Crippen molar-refractivity contribution in [1.82, 2.24) is 9.55 Å². The van der Waals surface area contributed by atoms with Crippen LogP contribution < -0.4 is 0 Å². The third-order valence-electron chi connectivity index (χ3n) is 2.01. The van der Waals surface area contributed by atoms with Gasteiger partial charge in [0.05, 0.1) is 24.3 Å². The van der Waals surface area contributed by atoms with Crippen molar-refractivity contribution in [3.63, 3.8) is 0 Å². The highest BCUT2D eigenvalue weighted by Crippen LogP contribution is 2.37. The van der Waals surface area contributed by atoms with Crippen LogP contribution in [0.25, 0.3) is 0 Å². The number of halogens is 1. The molecular formula is C8H8ClN3. The molecule has 62 valence electrons. The predicted octanol–water partition coefficient (Wildman–Crippen LogP) is 2.02. The fourth-order valence-electron chi connectivity index (χ4n) is 1.24. The maximum Gasteiger partial charge on any atom is 0.161 e. The van der Waals surface area contributed by atoms with Gasteiger partial charge in [0.2, 0.25) is 0 Å². The van der Waals surface area contributed by atoms with Crippen LogP contribution in [0.4, 0.5) is 0 Å². The molecule has 4 heteroatoms. The number of rotatable bonds is 2. The molecule has 0 N–H and O–H groups in total. The molecule has 2 rings (SSSR count). The van der Waals surface area contributed by atoms with Crippen molar-refractivity contribution in [2.24, 2.45) is 0 Å². The summed E-state index contributed by atoms with van der Waals surface area (Å²) in [5, 5.41) is 8.05. The fraction of sp³-hybridized carbons (Fsp3) is 0.500. The van der Waals surface area contributed by atoms with Gasteiger partial charge in [-0.15, -0.1) is 0 Å². The molecule has 0 amide bonds. The fourth-order valence-corrected chi connectivity index (χ4v) is 1.40. The standard InChI is InChI=1S/C8H8ClN3/c9-7(3-10)8-4-11-5-12(8)6-1-2-6/h4-7H,1-2H2. The smallest absolute Gasteiger partial charge is 0.161 e. The molecule has 0 aromatic carbocycles. The van der Waals surface area contributed by atoms with E-state index < -0.39 is 5.38 Å². The Morgan fingerprint density at radius 3 is 3.08 bits per heavy atom. The molecule has 1 aliphatic carbocycles. The molecule has 1 aromatic heterocycles. The topological polar surface area (TPSA) is 41.6 Å². The van der Waals surface area contributed by atoms with E-state index in [1.165, 1.54) is 12.8 Å². The van der Waals surface area contributed by atoms with Gasteiger partial charge >= 0.3 is 0 Å². The van der Waals surface area contributed by atoms with Crippen molar-refractivity contribution in [3.05, 3.63) is 18.2 Å². The van der Waals surface area contributed by atoms with Crippen molar-refractivity contribution < 1.29 is 0 Å². The van der Waals surface area contributed by atoms with Crippen LogP contribution in [0.3, 0.4) is 0 Å². The molecule has 0 spiro atoms.